The van der Waals surface area contributed by atoms with Crippen LogP contribution in [0.25, 0.3) is 0 Å². The van der Waals surface area contributed by atoms with Gasteiger partial charge in [0, 0.05) is 18.9 Å². The number of phenols is 2. The molecule has 1 atom stereocenters. The lowest BCUT2D eigenvalue weighted by Crippen LogP contribution is -2.35. The quantitative estimate of drug-likeness (QED) is 0.266. The first kappa shape index (κ1) is 22.7. The molecular formula is C21H23NO8. The van der Waals surface area contributed by atoms with Gasteiger partial charge in [-0.1, -0.05) is 11.6 Å². The molecule has 1 aliphatic carbocycles. The molecule has 30 heavy (non-hydrogen) atoms. The lowest BCUT2D eigenvalue weighted by molar-refractivity contribution is -0.140. The number of esters is 1. The van der Waals surface area contributed by atoms with E-state index in [1.807, 2.05) is 13.8 Å². The molecule has 0 saturated carbocycles. The van der Waals surface area contributed by atoms with E-state index in [0.29, 0.717) is 0 Å². The molecule has 9 heteroatoms. The van der Waals surface area contributed by atoms with Crippen LogP contribution in [0.1, 0.15) is 47.9 Å². The number of carbonyl (C=O) groups excluding carboxylic acids is 4. The number of hydrogen-bond donors (Lipinski definition) is 3. The Morgan fingerprint density at radius 1 is 1.10 bits per heavy atom. The Kier molecular flexibility index (Phi) is 7.35. The van der Waals surface area contributed by atoms with E-state index in [1.54, 1.807) is 6.08 Å². The minimum absolute atomic E-state index is 0.00278. The Labute approximate surface area is 173 Å². The molecule has 1 aliphatic rings. The van der Waals surface area contributed by atoms with E-state index in [0.717, 1.165) is 23.8 Å². The predicted octanol–water partition coefficient (Wildman–Crippen LogP) is 2.42. The summed E-state index contributed by atoms with van der Waals surface area (Å²) in [5, 5.41) is 22.4. The number of fused-ring (bicyclic) bond motifs is 1. The van der Waals surface area contributed by atoms with Crippen molar-refractivity contribution in [3.63, 3.8) is 0 Å². The van der Waals surface area contributed by atoms with Gasteiger partial charge in [-0.3, -0.25) is 14.4 Å². The first-order valence-electron chi connectivity index (χ1n) is 9.18. The summed E-state index contributed by atoms with van der Waals surface area (Å²) >= 11 is 0. The van der Waals surface area contributed by atoms with Crippen molar-refractivity contribution in [3.05, 3.63) is 46.6 Å². The smallest absolute Gasteiger partial charge is 0.407 e. The second-order valence-electron chi connectivity index (χ2n) is 6.82. The molecular weight excluding hydrogens is 394 g/mol. The molecule has 0 fully saturated rings. The van der Waals surface area contributed by atoms with Crippen LogP contribution in [0.3, 0.4) is 0 Å². The summed E-state index contributed by atoms with van der Waals surface area (Å²) < 4.78 is 10.0. The highest BCUT2D eigenvalue weighted by atomic mass is 16.6. The second kappa shape index (κ2) is 9.73. The Morgan fingerprint density at radius 2 is 1.73 bits per heavy atom. The van der Waals surface area contributed by atoms with E-state index in [9.17, 15) is 29.4 Å². The number of alkyl carbamates (subject to hydrolysis) is 1. The fourth-order valence-corrected chi connectivity index (χ4v) is 2.82. The number of hydrogen-bond acceptors (Lipinski definition) is 8. The molecule has 0 bridgehead atoms. The lowest BCUT2D eigenvalue weighted by atomic mass is 9.85. The average molecular weight is 417 g/mol. The summed E-state index contributed by atoms with van der Waals surface area (Å²) in [6.07, 6.45) is 0.855. The first-order chi connectivity index (χ1) is 14.1. The van der Waals surface area contributed by atoms with Crippen LogP contribution < -0.4 is 5.32 Å². The fraction of sp³-hybridized carbons (Fsp3) is 0.333. The zero-order valence-corrected chi connectivity index (χ0v) is 16.9. The summed E-state index contributed by atoms with van der Waals surface area (Å²) in [6.45, 7) is 4.81. The van der Waals surface area contributed by atoms with Gasteiger partial charge >= 0.3 is 12.1 Å². The highest BCUT2D eigenvalue weighted by Gasteiger charge is 2.35. The van der Waals surface area contributed by atoms with Gasteiger partial charge in [0.25, 0.3) is 0 Å². The number of allylic oxidation sites excluding steroid dienone is 2. The van der Waals surface area contributed by atoms with Crippen LogP contribution in [-0.2, 0) is 14.3 Å². The van der Waals surface area contributed by atoms with Crippen LogP contribution in [-0.4, -0.2) is 53.1 Å². The van der Waals surface area contributed by atoms with Gasteiger partial charge in [-0.05, 0) is 32.1 Å². The van der Waals surface area contributed by atoms with Crippen molar-refractivity contribution in [3.8, 4) is 11.5 Å². The third-order valence-corrected chi connectivity index (χ3v) is 4.20. The number of nitrogens with one attached hydrogen (secondary N) is 1. The van der Waals surface area contributed by atoms with Gasteiger partial charge in [0.2, 0.25) is 0 Å². The first-order valence-corrected chi connectivity index (χ1v) is 9.18. The molecule has 1 amide bonds. The van der Waals surface area contributed by atoms with E-state index < -0.39 is 41.2 Å². The lowest BCUT2D eigenvalue weighted by Gasteiger charge is -2.23. The normalized spacial score (nSPS) is 13.6. The number of phenolic OH excluding ortho intramolecular Hbond substituents is 2. The van der Waals surface area contributed by atoms with Gasteiger partial charge in [0.15, 0.2) is 11.6 Å². The predicted molar refractivity (Wildman–Crippen MR) is 105 cm³/mol. The topological polar surface area (TPSA) is 139 Å². The number of ether oxygens (including phenoxy) is 2. The monoisotopic (exact) mass is 417 g/mol. The van der Waals surface area contributed by atoms with E-state index in [-0.39, 0.29) is 36.3 Å². The van der Waals surface area contributed by atoms with E-state index in [2.05, 4.69) is 5.32 Å². The van der Waals surface area contributed by atoms with E-state index in [4.69, 9.17) is 9.47 Å². The minimum Gasteiger partial charge on any atom is -0.507 e. The number of amides is 1. The van der Waals surface area contributed by atoms with Crippen molar-refractivity contribution in [1.82, 2.24) is 5.32 Å². The number of aromatic hydroxyl groups is 2. The molecule has 0 spiro atoms. The molecule has 0 radical (unpaired) electrons. The Morgan fingerprint density at radius 3 is 2.33 bits per heavy atom. The molecule has 0 unspecified atom stereocenters. The minimum atomic E-state index is -1.11. The van der Waals surface area contributed by atoms with Gasteiger partial charge in [0.05, 0.1) is 17.7 Å². The van der Waals surface area contributed by atoms with Crippen LogP contribution in [0.15, 0.2) is 35.4 Å². The Bertz CT molecular complexity index is 941. The molecule has 3 N–H and O–H groups in total. The third kappa shape index (κ3) is 5.47. The summed E-state index contributed by atoms with van der Waals surface area (Å²) in [4.78, 5) is 48.3. The van der Waals surface area contributed by atoms with E-state index >= 15 is 0 Å². The molecule has 1 aromatic carbocycles. The van der Waals surface area contributed by atoms with Gasteiger partial charge in [-0.2, -0.15) is 0 Å². The van der Waals surface area contributed by atoms with Gasteiger partial charge in [0.1, 0.15) is 24.2 Å². The number of ketones is 2. The maximum absolute atomic E-state index is 13.0. The molecule has 0 heterocycles. The Hall–Kier alpha value is -3.62. The molecule has 1 aromatic rings. The summed E-state index contributed by atoms with van der Waals surface area (Å²) in [7, 11) is 0. The van der Waals surface area contributed by atoms with Crippen molar-refractivity contribution in [1.29, 1.82) is 0 Å². The van der Waals surface area contributed by atoms with Crippen LogP contribution in [0.2, 0.25) is 0 Å². The van der Waals surface area contributed by atoms with Crippen molar-refractivity contribution in [2.75, 3.05) is 13.2 Å². The van der Waals surface area contributed by atoms with Crippen molar-refractivity contribution < 1.29 is 38.9 Å². The van der Waals surface area contributed by atoms with Crippen LogP contribution in [0.5, 0.6) is 11.5 Å². The third-order valence-electron chi connectivity index (χ3n) is 4.20. The number of rotatable bonds is 7. The van der Waals surface area contributed by atoms with Crippen molar-refractivity contribution in [2.24, 2.45) is 0 Å². The largest absolute Gasteiger partial charge is 0.507 e. The van der Waals surface area contributed by atoms with Crippen molar-refractivity contribution in [2.45, 2.75) is 33.3 Å². The molecule has 0 aliphatic heterocycles. The number of carbonyl (C=O) groups is 4. The highest BCUT2D eigenvalue weighted by molar-refractivity contribution is 6.27. The van der Waals surface area contributed by atoms with Crippen LogP contribution >= 0.6 is 0 Å². The summed E-state index contributed by atoms with van der Waals surface area (Å²) in [5.41, 5.74) is 0.144. The number of Topliss-reactive ketones (excluding diaryl/α,β-unsaturated/α-hetero) is 1. The average Bonchev–Trinajstić information content (AvgIpc) is 2.66. The second-order valence-corrected chi connectivity index (χ2v) is 6.82. The summed E-state index contributed by atoms with van der Waals surface area (Å²) in [6, 6.07) is 2.22. The maximum atomic E-state index is 13.0. The summed E-state index contributed by atoms with van der Waals surface area (Å²) in [5.74, 6) is -2.79. The molecule has 0 saturated heterocycles. The van der Waals surface area contributed by atoms with E-state index in [1.165, 1.54) is 6.92 Å². The molecule has 160 valence electrons. The zero-order valence-electron chi connectivity index (χ0n) is 16.9. The maximum Gasteiger partial charge on any atom is 0.407 e. The van der Waals surface area contributed by atoms with Crippen LogP contribution in [0, 0.1) is 0 Å². The molecule has 9 nitrogen and oxygen atoms in total. The van der Waals surface area contributed by atoms with Crippen LogP contribution in [0.4, 0.5) is 4.79 Å². The van der Waals surface area contributed by atoms with Crippen molar-refractivity contribution >= 4 is 23.6 Å². The number of benzene rings is 1. The SMILES string of the molecule is CC(=O)OCCNC(=O)O[C@H](CC=C(C)C)C1=CC(=O)c2c(O)ccc(O)c2C1=O. The fourth-order valence-electron chi connectivity index (χ4n) is 2.82. The molecule has 0 aromatic heterocycles. The Balaban J connectivity index is 2.26. The molecule has 2 rings (SSSR count). The standard InChI is InChI=1S/C21H23NO8/c1-11(2)4-7-17(30-21(28)22-8-9-29-12(3)23)13-10-16(26)18-14(24)5-6-15(25)19(18)20(13)27/h4-6,10,17,24-25H,7-9H2,1-3H3,(H,22,28)/t17-/m1/s1. The van der Waals surface area contributed by atoms with Gasteiger partial charge in [-0.15, -0.1) is 0 Å². The zero-order chi connectivity index (χ0) is 22.4. The highest BCUT2D eigenvalue weighted by Crippen LogP contribution is 2.36. The van der Waals surface area contributed by atoms with Gasteiger partial charge in [-0.25, -0.2) is 4.79 Å². The van der Waals surface area contributed by atoms with Gasteiger partial charge < -0.3 is 25.0 Å².